The van der Waals surface area contributed by atoms with Gasteiger partial charge in [0.2, 0.25) is 0 Å². The van der Waals surface area contributed by atoms with Crippen LogP contribution in [0.4, 0.5) is 5.69 Å². The van der Waals surface area contributed by atoms with Crippen LogP contribution in [0, 0.1) is 10.1 Å². The Kier molecular flexibility index (Phi) is 8.24. The molecular formula is C14H20ClN3O6. The summed E-state index contributed by atoms with van der Waals surface area (Å²) in [6.45, 7) is 2.78. The molecule has 1 aromatic rings. The van der Waals surface area contributed by atoms with Gasteiger partial charge in [-0.15, -0.1) is 12.4 Å². The number of carbonyl (C=O) groups is 1. The fourth-order valence-corrected chi connectivity index (χ4v) is 2.07. The predicted octanol–water partition coefficient (Wildman–Crippen LogP) is 0.754. The molecule has 0 radical (unpaired) electrons. The smallest absolute Gasteiger partial charge is 0.286 e. The van der Waals surface area contributed by atoms with E-state index in [0.717, 1.165) is 0 Å². The molecule has 2 N–H and O–H groups in total. The number of nitrogens with zero attached hydrogens (tertiary/aromatic N) is 1. The molecule has 0 aromatic heterocycles. The summed E-state index contributed by atoms with van der Waals surface area (Å²) in [6, 6.07) is 2.57. The van der Waals surface area contributed by atoms with E-state index in [4.69, 9.17) is 14.2 Å². The summed E-state index contributed by atoms with van der Waals surface area (Å²) in [7, 11) is 1.60. The zero-order valence-electron chi connectivity index (χ0n) is 13.2. The molecule has 24 heavy (non-hydrogen) atoms. The van der Waals surface area contributed by atoms with Crippen LogP contribution in [0.5, 0.6) is 11.5 Å². The van der Waals surface area contributed by atoms with E-state index in [1.54, 1.807) is 7.11 Å². The van der Waals surface area contributed by atoms with E-state index < -0.39 is 10.8 Å². The quantitative estimate of drug-likeness (QED) is 0.399. The average molecular weight is 362 g/mol. The molecular weight excluding hydrogens is 342 g/mol. The molecule has 0 saturated heterocycles. The molecule has 1 aliphatic rings. The molecule has 0 aliphatic carbocycles. The van der Waals surface area contributed by atoms with Crippen molar-refractivity contribution in [3.05, 3.63) is 27.8 Å². The van der Waals surface area contributed by atoms with Crippen LogP contribution in [-0.4, -0.2) is 57.4 Å². The third-order valence-electron chi connectivity index (χ3n) is 3.17. The zero-order chi connectivity index (χ0) is 16.7. The minimum Gasteiger partial charge on any atom is -0.486 e. The van der Waals surface area contributed by atoms with Crippen molar-refractivity contribution in [2.24, 2.45) is 0 Å². The normalized spacial score (nSPS) is 12.2. The van der Waals surface area contributed by atoms with Crippen LogP contribution in [0.1, 0.15) is 10.4 Å². The maximum atomic E-state index is 12.2. The standard InChI is InChI=1S/C14H19N3O6.ClH/c1-21-5-4-15-2-3-16-14(18)10-8-12-13(23-7-6-22-12)9-11(10)17(19)20;/h8-9,15H,2-7H2,1H3,(H,16,18);1H. The topological polar surface area (TPSA) is 112 Å². The predicted molar refractivity (Wildman–Crippen MR) is 88.4 cm³/mol. The third kappa shape index (κ3) is 5.22. The number of ether oxygens (including phenoxy) is 3. The Hall–Kier alpha value is -2.10. The van der Waals surface area contributed by atoms with E-state index >= 15 is 0 Å². The zero-order valence-corrected chi connectivity index (χ0v) is 14.0. The average Bonchev–Trinajstić information content (AvgIpc) is 2.56. The monoisotopic (exact) mass is 361 g/mol. The number of nitro benzene ring substituents is 1. The van der Waals surface area contributed by atoms with E-state index in [9.17, 15) is 14.9 Å². The Morgan fingerprint density at radius 3 is 2.54 bits per heavy atom. The Labute approximate surface area is 145 Å². The maximum absolute atomic E-state index is 12.2. The molecule has 1 amide bonds. The highest BCUT2D eigenvalue weighted by atomic mass is 35.5. The van der Waals surface area contributed by atoms with Crippen molar-refractivity contribution >= 4 is 24.0 Å². The van der Waals surface area contributed by atoms with Crippen LogP contribution < -0.4 is 20.1 Å². The molecule has 0 fully saturated rings. The minimum absolute atomic E-state index is 0. The van der Waals surface area contributed by atoms with Crippen LogP contribution in [0.3, 0.4) is 0 Å². The molecule has 1 heterocycles. The second-order valence-electron chi connectivity index (χ2n) is 4.77. The third-order valence-corrected chi connectivity index (χ3v) is 3.17. The maximum Gasteiger partial charge on any atom is 0.286 e. The van der Waals surface area contributed by atoms with Crippen LogP contribution >= 0.6 is 12.4 Å². The van der Waals surface area contributed by atoms with E-state index in [0.29, 0.717) is 45.2 Å². The van der Waals surface area contributed by atoms with E-state index in [1.165, 1.54) is 12.1 Å². The largest absolute Gasteiger partial charge is 0.486 e. The SMILES string of the molecule is COCCNCCNC(=O)c1cc2c(cc1[N+](=O)[O-])OCCO2.Cl. The van der Waals surface area contributed by atoms with Gasteiger partial charge in [-0.25, -0.2) is 0 Å². The molecule has 0 saturated carbocycles. The van der Waals surface area contributed by atoms with Crippen molar-refractivity contribution in [2.45, 2.75) is 0 Å². The minimum atomic E-state index is -0.607. The lowest BCUT2D eigenvalue weighted by atomic mass is 10.1. The fourth-order valence-electron chi connectivity index (χ4n) is 2.07. The Bertz CT molecular complexity index is 584. The number of rotatable bonds is 8. The lowest BCUT2D eigenvalue weighted by molar-refractivity contribution is -0.385. The summed E-state index contributed by atoms with van der Waals surface area (Å²) in [5, 5.41) is 16.9. The molecule has 0 spiro atoms. The molecule has 0 atom stereocenters. The highest BCUT2D eigenvalue weighted by Crippen LogP contribution is 2.36. The first kappa shape index (κ1) is 19.9. The fraction of sp³-hybridized carbons (Fsp3) is 0.500. The summed E-state index contributed by atoms with van der Waals surface area (Å²) >= 11 is 0. The Balaban J connectivity index is 0.00000288. The number of carbonyl (C=O) groups excluding carboxylic acids is 1. The highest BCUT2D eigenvalue weighted by molar-refractivity contribution is 5.99. The van der Waals surface area contributed by atoms with Gasteiger partial charge in [-0.3, -0.25) is 14.9 Å². The van der Waals surface area contributed by atoms with Crippen molar-refractivity contribution in [2.75, 3.05) is 46.6 Å². The first-order valence-electron chi connectivity index (χ1n) is 7.19. The van der Waals surface area contributed by atoms with Crippen molar-refractivity contribution in [3.8, 4) is 11.5 Å². The van der Waals surface area contributed by atoms with Gasteiger partial charge < -0.3 is 24.8 Å². The van der Waals surface area contributed by atoms with Crippen molar-refractivity contribution < 1.29 is 23.9 Å². The van der Waals surface area contributed by atoms with Crippen LogP contribution in [0.2, 0.25) is 0 Å². The van der Waals surface area contributed by atoms with Gasteiger partial charge in [-0.2, -0.15) is 0 Å². The number of fused-ring (bicyclic) bond motifs is 1. The molecule has 9 nitrogen and oxygen atoms in total. The second-order valence-corrected chi connectivity index (χ2v) is 4.77. The number of methoxy groups -OCH3 is 1. The summed E-state index contributed by atoms with van der Waals surface area (Å²) in [6.07, 6.45) is 0. The summed E-state index contributed by atoms with van der Waals surface area (Å²) in [5.41, 5.74) is -0.352. The number of nitrogens with one attached hydrogen (secondary N) is 2. The molecule has 134 valence electrons. The Morgan fingerprint density at radius 1 is 1.25 bits per heavy atom. The van der Waals surface area contributed by atoms with Gasteiger partial charge >= 0.3 is 0 Å². The van der Waals surface area contributed by atoms with Crippen LogP contribution in [-0.2, 0) is 4.74 Å². The molecule has 0 unspecified atom stereocenters. The van der Waals surface area contributed by atoms with Crippen molar-refractivity contribution in [3.63, 3.8) is 0 Å². The number of nitro groups is 1. The molecule has 1 aromatic carbocycles. The van der Waals surface area contributed by atoms with Gasteiger partial charge in [-0.05, 0) is 0 Å². The van der Waals surface area contributed by atoms with Gasteiger partial charge in [-0.1, -0.05) is 0 Å². The highest BCUT2D eigenvalue weighted by Gasteiger charge is 2.26. The summed E-state index contributed by atoms with van der Waals surface area (Å²) in [5.74, 6) is 0.0909. The van der Waals surface area contributed by atoms with E-state index in [1.807, 2.05) is 0 Å². The molecule has 0 bridgehead atoms. The van der Waals surface area contributed by atoms with E-state index in [2.05, 4.69) is 10.6 Å². The van der Waals surface area contributed by atoms with Crippen LogP contribution in [0.15, 0.2) is 12.1 Å². The number of hydrogen-bond donors (Lipinski definition) is 2. The lowest BCUT2D eigenvalue weighted by Crippen LogP contribution is -2.33. The van der Waals surface area contributed by atoms with Crippen LogP contribution in [0.25, 0.3) is 0 Å². The summed E-state index contributed by atoms with van der Waals surface area (Å²) < 4.78 is 15.6. The van der Waals surface area contributed by atoms with E-state index in [-0.39, 0.29) is 29.4 Å². The van der Waals surface area contributed by atoms with Gasteiger partial charge in [0.1, 0.15) is 18.8 Å². The number of benzene rings is 1. The first-order chi connectivity index (χ1) is 11.1. The van der Waals surface area contributed by atoms with Gasteiger partial charge in [0.15, 0.2) is 11.5 Å². The number of halogens is 1. The molecule has 1 aliphatic heterocycles. The lowest BCUT2D eigenvalue weighted by Gasteiger charge is -2.18. The van der Waals surface area contributed by atoms with Crippen molar-refractivity contribution in [1.29, 1.82) is 0 Å². The molecule has 10 heteroatoms. The second kappa shape index (κ2) is 9.91. The number of hydrogen-bond acceptors (Lipinski definition) is 7. The Morgan fingerprint density at radius 2 is 1.92 bits per heavy atom. The molecule has 2 rings (SSSR count). The first-order valence-corrected chi connectivity index (χ1v) is 7.19. The van der Waals surface area contributed by atoms with Gasteiger partial charge in [0, 0.05) is 32.8 Å². The van der Waals surface area contributed by atoms with Crippen molar-refractivity contribution in [1.82, 2.24) is 10.6 Å². The van der Waals surface area contributed by atoms with Gasteiger partial charge in [0.25, 0.3) is 11.6 Å². The summed E-state index contributed by atoms with van der Waals surface area (Å²) in [4.78, 5) is 22.7. The van der Waals surface area contributed by atoms with Gasteiger partial charge in [0.05, 0.1) is 17.6 Å². The number of amides is 1.